The van der Waals surface area contributed by atoms with Crippen LogP contribution in [0.1, 0.15) is 0 Å². The van der Waals surface area contributed by atoms with E-state index in [4.69, 9.17) is 16.3 Å². The molecule has 0 spiro atoms. The lowest BCUT2D eigenvalue weighted by molar-refractivity contribution is -0.158. The minimum absolute atomic E-state index is 0.00615. The zero-order chi connectivity index (χ0) is 15.1. The van der Waals surface area contributed by atoms with Gasteiger partial charge in [0, 0.05) is 6.54 Å². The van der Waals surface area contributed by atoms with Crippen LogP contribution in [-0.2, 0) is 19.1 Å². The predicted molar refractivity (Wildman–Crippen MR) is 66.8 cm³/mol. The van der Waals surface area contributed by atoms with Gasteiger partial charge in [-0.3, -0.25) is 4.79 Å². The molecule has 0 bridgehead atoms. The van der Waals surface area contributed by atoms with Crippen LogP contribution in [0.2, 0.25) is 0 Å². The molecule has 110 valence electrons. The molecule has 20 heavy (non-hydrogen) atoms. The monoisotopic (exact) mass is 284 g/mol. The van der Waals surface area contributed by atoms with Crippen molar-refractivity contribution in [1.82, 2.24) is 9.80 Å². The first-order valence-electron chi connectivity index (χ1n) is 5.88. The number of hydrogen-bond acceptors (Lipinski definition) is 5. The Bertz CT molecular complexity index is 430. The van der Waals surface area contributed by atoms with E-state index in [1.165, 1.54) is 12.0 Å². The Labute approximate surface area is 116 Å². The summed E-state index contributed by atoms with van der Waals surface area (Å²) in [5.74, 6) is 0.490. The van der Waals surface area contributed by atoms with Gasteiger partial charge in [-0.2, -0.15) is 0 Å². The van der Waals surface area contributed by atoms with Crippen LogP contribution in [-0.4, -0.2) is 78.9 Å². The van der Waals surface area contributed by atoms with Crippen molar-refractivity contribution in [2.24, 2.45) is 0 Å². The summed E-state index contributed by atoms with van der Waals surface area (Å²) in [5, 5.41) is 8.76. The van der Waals surface area contributed by atoms with E-state index < -0.39 is 30.6 Å². The van der Waals surface area contributed by atoms with E-state index in [2.05, 4.69) is 10.7 Å². The van der Waals surface area contributed by atoms with Crippen molar-refractivity contribution in [2.45, 2.75) is 6.10 Å². The van der Waals surface area contributed by atoms with Crippen LogP contribution < -0.4 is 0 Å². The van der Waals surface area contributed by atoms with Crippen molar-refractivity contribution in [3.8, 4) is 12.3 Å². The van der Waals surface area contributed by atoms with E-state index in [9.17, 15) is 14.4 Å². The number of hydrogen-bond donors (Lipinski definition) is 1. The highest BCUT2D eigenvalue weighted by Crippen LogP contribution is 2.09. The summed E-state index contributed by atoms with van der Waals surface area (Å²) < 4.78 is 9.74. The molecular formula is C12H16N2O6. The molecular weight excluding hydrogens is 268 g/mol. The van der Waals surface area contributed by atoms with Crippen molar-refractivity contribution in [1.29, 1.82) is 0 Å². The molecule has 0 aromatic heterocycles. The van der Waals surface area contributed by atoms with Gasteiger partial charge in [-0.25, -0.2) is 9.59 Å². The Hall–Kier alpha value is -2.27. The lowest BCUT2D eigenvalue weighted by atomic mass is 10.3. The number of esters is 1. The quantitative estimate of drug-likeness (QED) is 0.525. The van der Waals surface area contributed by atoms with Gasteiger partial charge in [0.05, 0.1) is 26.8 Å². The summed E-state index contributed by atoms with van der Waals surface area (Å²) in [5.41, 5.74) is 0. The minimum Gasteiger partial charge on any atom is -0.480 e. The molecule has 8 heteroatoms. The van der Waals surface area contributed by atoms with Crippen LogP contribution >= 0.6 is 0 Å². The molecule has 1 saturated heterocycles. The van der Waals surface area contributed by atoms with Gasteiger partial charge in [-0.1, -0.05) is 5.92 Å². The number of aliphatic carboxylic acids is 1. The third kappa shape index (κ3) is 4.13. The second kappa shape index (κ2) is 7.35. The molecule has 1 rings (SSSR count). The molecule has 0 aromatic rings. The van der Waals surface area contributed by atoms with Crippen LogP contribution in [0, 0.1) is 12.3 Å². The summed E-state index contributed by atoms with van der Waals surface area (Å²) in [6, 6.07) is -0.539. The zero-order valence-corrected chi connectivity index (χ0v) is 11.1. The number of ether oxygens (including phenoxy) is 2. The maximum Gasteiger partial charge on any atom is 0.336 e. The molecule has 0 saturated carbocycles. The fourth-order valence-electron chi connectivity index (χ4n) is 1.76. The Morgan fingerprint density at radius 3 is 2.80 bits per heavy atom. The highest BCUT2D eigenvalue weighted by molar-refractivity contribution is 5.82. The predicted octanol–water partition coefficient (Wildman–Crippen LogP) is -1.000. The molecule has 1 aliphatic rings. The Balaban J connectivity index is 2.71. The molecule has 0 radical (unpaired) electrons. The number of amides is 2. The molecule has 8 nitrogen and oxygen atoms in total. The van der Waals surface area contributed by atoms with Crippen molar-refractivity contribution in [3.63, 3.8) is 0 Å². The van der Waals surface area contributed by atoms with Crippen molar-refractivity contribution in [3.05, 3.63) is 0 Å². The van der Waals surface area contributed by atoms with Crippen LogP contribution in [0.4, 0.5) is 4.79 Å². The molecule has 1 atom stereocenters. The molecule has 2 amide bonds. The second-order valence-corrected chi connectivity index (χ2v) is 4.07. The highest BCUT2D eigenvalue weighted by Gasteiger charge is 2.32. The van der Waals surface area contributed by atoms with Gasteiger partial charge in [-0.15, -0.1) is 6.42 Å². The smallest absolute Gasteiger partial charge is 0.336 e. The number of urea groups is 1. The van der Waals surface area contributed by atoms with Gasteiger partial charge in [0.25, 0.3) is 0 Å². The summed E-state index contributed by atoms with van der Waals surface area (Å²) >= 11 is 0. The number of nitrogens with zero attached hydrogens (tertiary/aromatic N) is 2. The number of carboxylic acid groups (broad SMARTS) is 1. The highest BCUT2D eigenvalue weighted by atomic mass is 16.6. The lowest BCUT2D eigenvalue weighted by Crippen LogP contribution is -2.53. The van der Waals surface area contributed by atoms with Crippen molar-refractivity contribution in [2.75, 3.05) is 39.9 Å². The molecule has 1 aliphatic heterocycles. The molecule has 0 aromatic carbocycles. The third-order valence-electron chi connectivity index (χ3n) is 2.68. The van der Waals surface area contributed by atoms with E-state index >= 15 is 0 Å². The fourth-order valence-corrected chi connectivity index (χ4v) is 1.76. The number of carbonyl (C=O) groups is 3. The Kier molecular flexibility index (Phi) is 5.80. The number of carboxylic acids is 1. The molecule has 1 N–H and O–H groups in total. The van der Waals surface area contributed by atoms with E-state index in [0.29, 0.717) is 0 Å². The normalized spacial score (nSPS) is 18.0. The van der Waals surface area contributed by atoms with Gasteiger partial charge in [0.1, 0.15) is 6.54 Å². The van der Waals surface area contributed by atoms with Crippen LogP contribution in [0.5, 0.6) is 0 Å². The molecule has 0 aliphatic carbocycles. The van der Waals surface area contributed by atoms with Crippen LogP contribution in [0.25, 0.3) is 0 Å². The number of morpholine rings is 1. The zero-order valence-electron chi connectivity index (χ0n) is 11.1. The SMILES string of the molecule is C#CCN(CC(=O)O)C(=O)N1CCOC(C(=O)OC)C1. The molecule has 1 unspecified atom stereocenters. The molecule has 1 heterocycles. The van der Waals surface area contributed by atoms with Crippen molar-refractivity contribution >= 4 is 18.0 Å². The van der Waals surface area contributed by atoms with Gasteiger partial charge in [-0.05, 0) is 0 Å². The van der Waals surface area contributed by atoms with Gasteiger partial charge in [0.2, 0.25) is 0 Å². The fraction of sp³-hybridized carbons (Fsp3) is 0.583. The summed E-state index contributed by atoms with van der Waals surface area (Å²) in [7, 11) is 1.22. The number of terminal acetylenes is 1. The van der Waals surface area contributed by atoms with E-state index in [0.717, 1.165) is 4.90 Å². The second-order valence-electron chi connectivity index (χ2n) is 4.07. The average molecular weight is 284 g/mol. The maximum atomic E-state index is 12.2. The van der Waals surface area contributed by atoms with Gasteiger partial charge < -0.3 is 24.4 Å². The number of rotatable bonds is 4. The maximum absolute atomic E-state index is 12.2. The van der Waals surface area contributed by atoms with E-state index in [1.54, 1.807) is 0 Å². The lowest BCUT2D eigenvalue weighted by Gasteiger charge is -2.34. The topological polar surface area (TPSA) is 96.4 Å². The minimum atomic E-state index is -1.16. The first-order valence-corrected chi connectivity index (χ1v) is 5.88. The average Bonchev–Trinajstić information content (AvgIpc) is 2.45. The Morgan fingerprint density at radius 2 is 2.25 bits per heavy atom. The van der Waals surface area contributed by atoms with Crippen LogP contribution in [0.3, 0.4) is 0 Å². The summed E-state index contributed by atoms with van der Waals surface area (Å²) in [6.07, 6.45) is 4.25. The van der Waals surface area contributed by atoms with Gasteiger partial charge in [0.15, 0.2) is 6.10 Å². The first kappa shape index (κ1) is 15.8. The molecule has 1 fully saturated rings. The van der Waals surface area contributed by atoms with Crippen LogP contribution in [0.15, 0.2) is 0 Å². The standard InChI is InChI=1S/C12H16N2O6/c1-3-4-13(8-10(15)16)12(18)14-5-6-20-9(7-14)11(17)19-2/h1,9H,4-8H2,2H3,(H,15,16). The van der Waals surface area contributed by atoms with Gasteiger partial charge >= 0.3 is 18.0 Å². The summed E-state index contributed by atoms with van der Waals surface area (Å²) in [6.45, 7) is -0.184. The van der Waals surface area contributed by atoms with E-state index in [-0.39, 0.29) is 26.2 Å². The number of carbonyl (C=O) groups excluding carboxylic acids is 2. The third-order valence-corrected chi connectivity index (χ3v) is 2.68. The summed E-state index contributed by atoms with van der Waals surface area (Å²) in [4.78, 5) is 36.6. The number of methoxy groups -OCH3 is 1. The Morgan fingerprint density at radius 1 is 1.55 bits per heavy atom. The first-order chi connectivity index (χ1) is 9.49. The van der Waals surface area contributed by atoms with Crippen molar-refractivity contribution < 1.29 is 29.0 Å². The largest absolute Gasteiger partial charge is 0.480 e. The van der Waals surface area contributed by atoms with E-state index in [1.807, 2.05) is 0 Å².